The molecule has 0 spiro atoms. The van der Waals surface area contributed by atoms with Gasteiger partial charge in [0.25, 0.3) is 0 Å². The molecule has 0 aliphatic carbocycles. The molecule has 0 aromatic rings. The van der Waals surface area contributed by atoms with Crippen LogP contribution in [-0.2, 0) is 38.1 Å². The van der Waals surface area contributed by atoms with E-state index in [-0.39, 0.29) is 26.4 Å². The Kier molecular flexibility index (Phi) is 16.5. The normalized spacial score (nSPS) is 10.7. The molecule has 8 nitrogen and oxygen atoms in total. The van der Waals surface area contributed by atoms with E-state index in [1.807, 2.05) is 0 Å². The summed E-state index contributed by atoms with van der Waals surface area (Å²) in [5, 5.41) is 0. The molecule has 0 rings (SSSR count). The number of esters is 4. The first kappa shape index (κ1) is 27.9. The van der Waals surface area contributed by atoms with Gasteiger partial charge in [-0.3, -0.25) is 19.2 Å². The summed E-state index contributed by atoms with van der Waals surface area (Å²) >= 11 is 0. The van der Waals surface area contributed by atoms with Crippen molar-refractivity contribution in [1.82, 2.24) is 0 Å². The van der Waals surface area contributed by atoms with Crippen molar-refractivity contribution in [2.75, 3.05) is 26.4 Å². The Morgan fingerprint density at radius 3 is 0.933 bits per heavy atom. The van der Waals surface area contributed by atoms with Gasteiger partial charge in [0.15, 0.2) is 11.8 Å². The smallest absolute Gasteiger partial charge is 0.320 e. The molecule has 30 heavy (non-hydrogen) atoms. The third-order valence-corrected chi connectivity index (χ3v) is 4.52. The first-order chi connectivity index (χ1) is 14.4. The Morgan fingerprint density at radius 2 is 0.700 bits per heavy atom. The fourth-order valence-corrected chi connectivity index (χ4v) is 3.04. The number of hydrogen-bond donors (Lipinski definition) is 0. The van der Waals surface area contributed by atoms with Crippen LogP contribution in [0.4, 0.5) is 0 Å². The highest BCUT2D eigenvalue weighted by Gasteiger charge is 2.29. The summed E-state index contributed by atoms with van der Waals surface area (Å²) < 4.78 is 19.8. The molecule has 0 amide bonds. The zero-order chi connectivity index (χ0) is 22.8. The fraction of sp³-hybridized carbons (Fsp3) is 0.818. The fourth-order valence-electron chi connectivity index (χ4n) is 3.04. The number of rotatable bonds is 17. The molecule has 0 unspecified atom stereocenters. The molecular formula is C22H38O8. The van der Waals surface area contributed by atoms with Crippen LogP contribution in [0.15, 0.2) is 0 Å². The minimum atomic E-state index is -0.861. The molecule has 8 heteroatoms. The summed E-state index contributed by atoms with van der Waals surface area (Å²) in [6, 6.07) is 0. The largest absolute Gasteiger partial charge is 0.465 e. The zero-order valence-corrected chi connectivity index (χ0v) is 18.9. The average molecular weight is 436 g/mol. The summed E-state index contributed by atoms with van der Waals surface area (Å²) in [6.45, 7) is 7.73. The van der Waals surface area contributed by atoms with Gasteiger partial charge in [-0.05, 0) is 40.5 Å². The van der Waals surface area contributed by atoms with Gasteiger partial charge in [-0.15, -0.1) is 0 Å². The van der Waals surface area contributed by atoms with E-state index in [1.165, 1.54) is 0 Å². The van der Waals surface area contributed by atoms with Crippen molar-refractivity contribution in [2.24, 2.45) is 11.8 Å². The Labute approximate surface area is 180 Å². The van der Waals surface area contributed by atoms with Crippen LogP contribution >= 0.6 is 0 Å². The molecule has 0 radical (unpaired) electrons. The molecule has 0 saturated heterocycles. The molecule has 0 N–H and O–H groups in total. The zero-order valence-electron chi connectivity index (χ0n) is 18.9. The molecule has 0 aromatic carbocycles. The summed E-state index contributed by atoms with van der Waals surface area (Å²) in [4.78, 5) is 47.7. The minimum Gasteiger partial charge on any atom is -0.465 e. The van der Waals surface area contributed by atoms with Crippen molar-refractivity contribution in [1.29, 1.82) is 0 Å². The van der Waals surface area contributed by atoms with Crippen LogP contribution in [0.3, 0.4) is 0 Å². The Bertz CT molecular complexity index is 435. The predicted molar refractivity (Wildman–Crippen MR) is 110 cm³/mol. The van der Waals surface area contributed by atoms with Crippen molar-refractivity contribution >= 4 is 23.9 Å². The summed E-state index contributed by atoms with van der Waals surface area (Å²) in [5.41, 5.74) is 0. The monoisotopic (exact) mass is 436 g/mol. The van der Waals surface area contributed by atoms with Crippen molar-refractivity contribution in [2.45, 2.75) is 79.1 Å². The van der Waals surface area contributed by atoms with Gasteiger partial charge in [0, 0.05) is 0 Å². The SMILES string of the molecule is CCO[13C](=O)[13CH](CCCCCCCC[13CH]([13C](=O)OCC)[13C](=O)OCC)[13C](=O)OCC. The number of carbonyl (C=O) groups excluding carboxylic acids is 4. The number of unbranched alkanes of at least 4 members (excludes halogenated alkanes) is 5. The van der Waals surface area contributed by atoms with Crippen LogP contribution in [0.1, 0.15) is 79.1 Å². The molecule has 0 aliphatic heterocycles. The number of hydrogen-bond acceptors (Lipinski definition) is 8. The lowest BCUT2D eigenvalue weighted by atomic mass is 10.1. The predicted octanol–water partition coefficient (Wildman–Crippen LogP) is 3.59. The summed E-state index contributed by atoms with van der Waals surface area (Å²) in [7, 11) is 0. The Morgan fingerprint density at radius 1 is 0.467 bits per heavy atom. The topological polar surface area (TPSA) is 105 Å². The molecule has 0 aliphatic rings. The summed E-state index contributed by atoms with van der Waals surface area (Å²) in [5.74, 6) is -3.83. The van der Waals surface area contributed by atoms with Gasteiger partial charge < -0.3 is 18.9 Å². The number of carbonyl (C=O) groups is 4. The Balaban J connectivity index is 4.20. The standard InChI is InChI=1S/C22H38O8/c1-5-27-19(23)17(20(24)28-6-2)15-13-11-9-10-12-14-16-18(21(25)29-7-3)22(26)30-8-4/h17-18H,5-16H2,1-4H3/i17+1,18+1,19+1,20+1,21+1,22+1. The van der Waals surface area contributed by atoms with Gasteiger partial charge in [0.2, 0.25) is 0 Å². The van der Waals surface area contributed by atoms with Crippen molar-refractivity contribution in [3.63, 3.8) is 0 Å². The van der Waals surface area contributed by atoms with E-state index in [2.05, 4.69) is 0 Å². The van der Waals surface area contributed by atoms with E-state index in [9.17, 15) is 19.2 Å². The molecule has 0 heterocycles. The van der Waals surface area contributed by atoms with Gasteiger partial charge in [0.05, 0.1) is 26.4 Å². The molecule has 174 valence electrons. The van der Waals surface area contributed by atoms with Crippen LogP contribution in [0.25, 0.3) is 0 Å². The van der Waals surface area contributed by atoms with Gasteiger partial charge in [-0.2, -0.15) is 0 Å². The lowest BCUT2D eigenvalue weighted by Crippen LogP contribution is -2.28. The highest BCUT2D eigenvalue weighted by atomic mass is 16.7. The number of ether oxygens (including phenoxy) is 4. The van der Waals surface area contributed by atoms with Crippen molar-refractivity contribution in [3.8, 4) is 0 Å². The second kappa shape index (κ2) is 17.7. The molecule has 0 saturated carbocycles. The van der Waals surface area contributed by atoms with E-state index in [0.29, 0.717) is 12.8 Å². The van der Waals surface area contributed by atoms with E-state index in [4.69, 9.17) is 18.9 Å². The quantitative estimate of drug-likeness (QED) is 0.112. The highest BCUT2D eigenvalue weighted by molar-refractivity contribution is 5.95. The van der Waals surface area contributed by atoms with Crippen LogP contribution in [-0.4, -0.2) is 50.3 Å². The average Bonchev–Trinajstić information content (AvgIpc) is 2.70. The van der Waals surface area contributed by atoms with Gasteiger partial charge in [-0.1, -0.05) is 38.5 Å². The van der Waals surface area contributed by atoms with Crippen molar-refractivity contribution in [3.05, 3.63) is 0 Å². The van der Waals surface area contributed by atoms with Crippen LogP contribution in [0, 0.1) is 11.8 Å². The maximum absolute atomic E-state index is 11.9. The van der Waals surface area contributed by atoms with Crippen LogP contribution < -0.4 is 0 Å². The third-order valence-electron chi connectivity index (χ3n) is 4.52. The molecule has 0 bridgehead atoms. The molecule has 0 fully saturated rings. The summed E-state index contributed by atoms with van der Waals surface area (Å²) in [6.07, 6.45) is 5.86. The maximum Gasteiger partial charge on any atom is 0.320 e. The van der Waals surface area contributed by atoms with E-state index >= 15 is 0 Å². The van der Waals surface area contributed by atoms with Gasteiger partial charge in [-0.25, -0.2) is 0 Å². The molecular weight excluding hydrogens is 398 g/mol. The second-order valence-corrected chi connectivity index (χ2v) is 6.81. The maximum atomic E-state index is 11.9. The first-order valence-corrected chi connectivity index (χ1v) is 11.1. The third kappa shape index (κ3) is 11.8. The van der Waals surface area contributed by atoms with Gasteiger partial charge >= 0.3 is 23.9 Å². The Hall–Kier alpha value is -2.12. The minimum absolute atomic E-state index is 0.229. The second-order valence-electron chi connectivity index (χ2n) is 6.81. The van der Waals surface area contributed by atoms with E-state index < -0.39 is 35.7 Å². The molecule has 0 atom stereocenters. The lowest BCUT2D eigenvalue weighted by Gasteiger charge is -2.14. The first-order valence-electron chi connectivity index (χ1n) is 11.1. The highest BCUT2D eigenvalue weighted by Crippen LogP contribution is 2.18. The van der Waals surface area contributed by atoms with E-state index in [0.717, 1.165) is 38.5 Å². The van der Waals surface area contributed by atoms with Crippen molar-refractivity contribution < 1.29 is 38.1 Å². The van der Waals surface area contributed by atoms with Gasteiger partial charge in [0.1, 0.15) is 0 Å². The van der Waals surface area contributed by atoms with Crippen LogP contribution in [0.2, 0.25) is 0 Å². The lowest BCUT2D eigenvalue weighted by molar-refractivity contribution is -0.163. The van der Waals surface area contributed by atoms with Crippen LogP contribution in [0.5, 0.6) is 0 Å². The van der Waals surface area contributed by atoms with E-state index in [1.54, 1.807) is 27.7 Å². The molecule has 0 aromatic heterocycles.